The lowest BCUT2D eigenvalue weighted by Crippen LogP contribution is -2.41. The Morgan fingerprint density at radius 2 is 2.06 bits per heavy atom. The van der Waals surface area contributed by atoms with Crippen LogP contribution in [-0.2, 0) is 26.3 Å². The maximum absolute atomic E-state index is 12.3. The van der Waals surface area contributed by atoms with Crippen LogP contribution in [0.2, 0.25) is 0 Å². The van der Waals surface area contributed by atoms with Crippen LogP contribution in [0.25, 0.3) is 5.52 Å². The van der Waals surface area contributed by atoms with Crippen molar-refractivity contribution in [3.05, 3.63) is 60.0 Å². The Hall–Kier alpha value is -3.56. The van der Waals surface area contributed by atoms with E-state index in [1.54, 1.807) is 6.07 Å². The Bertz CT molecular complexity index is 1160. The van der Waals surface area contributed by atoms with Gasteiger partial charge in [-0.25, -0.2) is 9.50 Å². The summed E-state index contributed by atoms with van der Waals surface area (Å²) in [6.45, 7) is -0.399. The van der Waals surface area contributed by atoms with E-state index in [0.29, 0.717) is 5.52 Å². The molecule has 1 aliphatic heterocycles. The van der Waals surface area contributed by atoms with Gasteiger partial charge in [-0.3, -0.25) is 4.79 Å². The molecule has 0 spiro atoms. The van der Waals surface area contributed by atoms with Crippen molar-refractivity contribution in [2.75, 3.05) is 12.3 Å². The first-order valence-electron chi connectivity index (χ1n) is 9.87. The molecule has 11 heteroatoms. The molecule has 1 saturated heterocycles. The van der Waals surface area contributed by atoms with Crippen LogP contribution in [0.3, 0.4) is 0 Å². The van der Waals surface area contributed by atoms with Crippen LogP contribution in [-0.4, -0.2) is 61.7 Å². The molecule has 3 heterocycles. The second-order valence-electron chi connectivity index (χ2n) is 7.53. The number of rotatable bonds is 6. The van der Waals surface area contributed by atoms with Crippen LogP contribution in [0.15, 0.2) is 48.8 Å². The molecule has 166 valence electrons. The van der Waals surface area contributed by atoms with E-state index in [2.05, 4.69) is 10.1 Å². The van der Waals surface area contributed by atoms with Gasteiger partial charge >= 0.3 is 5.97 Å². The molecule has 0 aliphatic carbocycles. The first-order valence-corrected chi connectivity index (χ1v) is 9.87. The molecule has 32 heavy (non-hydrogen) atoms. The second-order valence-corrected chi connectivity index (χ2v) is 7.53. The van der Waals surface area contributed by atoms with E-state index in [4.69, 9.17) is 20.9 Å². The lowest BCUT2D eigenvalue weighted by atomic mass is 9.92. The number of fused-ring (bicyclic) bond motifs is 1. The molecule has 11 nitrogen and oxygen atoms in total. The molecule has 0 saturated carbocycles. The van der Waals surface area contributed by atoms with Crippen molar-refractivity contribution in [2.24, 2.45) is 5.73 Å². The fourth-order valence-electron chi connectivity index (χ4n) is 3.77. The number of nitrogens with two attached hydrogens (primary N) is 2. The number of carbonyl (C=O) groups is 1. The molecule has 0 radical (unpaired) electrons. The van der Waals surface area contributed by atoms with Gasteiger partial charge in [-0.05, 0) is 24.1 Å². The minimum atomic E-state index is -1.96. The summed E-state index contributed by atoms with van der Waals surface area (Å²) in [5, 5.41) is 35.2. The van der Waals surface area contributed by atoms with E-state index in [1.165, 1.54) is 16.9 Å². The zero-order valence-electron chi connectivity index (χ0n) is 16.9. The van der Waals surface area contributed by atoms with Crippen LogP contribution >= 0.6 is 0 Å². The van der Waals surface area contributed by atoms with Gasteiger partial charge in [0.05, 0.1) is 5.69 Å². The van der Waals surface area contributed by atoms with Gasteiger partial charge in [-0.2, -0.15) is 10.4 Å². The number of anilines is 1. The number of aliphatic hydroxyl groups excluding tert-OH is 2. The molecule has 1 aliphatic rings. The van der Waals surface area contributed by atoms with E-state index < -0.39 is 42.5 Å². The van der Waals surface area contributed by atoms with Gasteiger partial charge in [0.15, 0.2) is 5.82 Å². The van der Waals surface area contributed by atoms with Gasteiger partial charge < -0.3 is 31.2 Å². The first-order chi connectivity index (χ1) is 15.4. The number of carbonyl (C=O) groups excluding carboxylic acids is 1. The topological polar surface area (TPSA) is 182 Å². The third-order valence-electron chi connectivity index (χ3n) is 5.48. The Balaban J connectivity index is 1.49. The molecule has 2 aromatic heterocycles. The maximum Gasteiger partial charge on any atom is 0.323 e. The van der Waals surface area contributed by atoms with Gasteiger partial charge in [0.1, 0.15) is 48.9 Å². The lowest BCUT2D eigenvalue weighted by Gasteiger charge is -2.24. The van der Waals surface area contributed by atoms with Crippen LogP contribution < -0.4 is 11.5 Å². The minimum absolute atomic E-state index is 0.158. The van der Waals surface area contributed by atoms with Crippen molar-refractivity contribution >= 4 is 17.3 Å². The highest BCUT2D eigenvalue weighted by Crippen LogP contribution is 2.40. The zero-order valence-corrected chi connectivity index (χ0v) is 16.9. The summed E-state index contributed by atoms with van der Waals surface area (Å²) in [6, 6.07) is 13.3. The average molecular weight is 438 g/mol. The number of nitriles is 1. The molecular formula is C21H22N6O5. The molecule has 0 unspecified atom stereocenters. The Morgan fingerprint density at radius 1 is 1.31 bits per heavy atom. The SMILES string of the molecule is N#C[C@@]1(c2ccc3c(N)ncnn23)O[C@H](COC(=O)[C@@H](N)Cc2ccccc2)[C@@H](O)[C@H]1O. The highest BCUT2D eigenvalue weighted by Gasteiger charge is 2.57. The Morgan fingerprint density at radius 3 is 2.78 bits per heavy atom. The number of aromatic nitrogens is 3. The minimum Gasteiger partial charge on any atom is -0.462 e. The van der Waals surface area contributed by atoms with Gasteiger partial charge in [-0.15, -0.1) is 0 Å². The summed E-state index contributed by atoms with van der Waals surface area (Å²) in [7, 11) is 0. The molecule has 1 aromatic carbocycles. The first kappa shape index (κ1) is 21.7. The molecule has 6 N–H and O–H groups in total. The Kier molecular flexibility index (Phi) is 5.77. The van der Waals surface area contributed by atoms with Crippen molar-refractivity contribution in [3.63, 3.8) is 0 Å². The van der Waals surface area contributed by atoms with Crippen molar-refractivity contribution in [1.29, 1.82) is 5.26 Å². The number of nitrogens with zero attached hydrogens (tertiary/aromatic N) is 4. The van der Waals surface area contributed by atoms with E-state index in [0.717, 1.165) is 5.56 Å². The van der Waals surface area contributed by atoms with Crippen LogP contribution in [0, 0.1) is 11.3 Å². The third-order valence-corrected chi connectivity index (χ3v) is 5.48. The number of benzene rings is 1. The quantitative estimate of drug-likeness (QED) is 0.358. The number of ether oxygens (including phenoxy) is 2. The average Bonchev–Trinajstić information content (AvgIpc) is 3.34. The lowest BCUT2D eigenvalue weighted by molar-refractivity contribution is -0.152. The summed E-state index contributed by atoms with van der Waals surface area (Å²) in [5.74, 6) is -0.521. The van der Waals surface area contributed by atoms with Crippen LogP contribution in [0.1, 0.15) is 11.3 Å². The molecule has 1 fully saturated rings. The van der Waals surface area contributed by atoms with Crippen LogP contribution in [0.4, 0.5) is 5.82 Å². The normalized spacial score (nSPS) is 26.0. The monoisotopic (exact) mass is 438 g/mol. The van der Waals surface area contributed by atoms with Crippen molar-refractivity contribution in [2.45, 2.75) is 36.4 Å². The molecule has 0 bridgehead atoms. The van der Waals surface area contributed by atoms with E-state index in [1.807, 2.05) is 36.4 Å². The second kappa shape index (κ2) is 8.52. The van der Waals surface area contributed by atoms with E-state index >= 15 is 0 Å². The predicted molar refractivity (Wildman–Crippen MR) is 111 cm³/mol. The summed E-state index contributed by atoms with van der Waals surface area (Å²) < 4.78 is 12.3. The summed E-state index contributed by atoms with van der Waals surface area (Å²) in [6.07, 6.45) is -2.83. The molecule has 0 amide bonds. The van der Waals surface area contributed by atoms with E-state index in [9.17, 15) is 20.3 Å². The van der Waals surface area contributed by atoms with Crippen molar-refractivity contribution in [1.82, 2.24) is 14.6 Å². The van der Waals surface area contributed by atoms with Gasteiger partial charge in [0.2, 0.25) is 5.60 Å². The van der Waals surface area contributed by atoms with Crippen molar-refractivity contribution in [3.8, 4) is 6.07 Å². The third kappa shape index (κ3) is 3.65. The fourth-order valence-corrected chi connectivity index (χ4v) is 3.77. The Labute approximate surface area is 182 Å². The summed E-state index contributed by atoms with van der Waals surface area (Å²) in [4.78, 5) is 16.2. The molecule has 3 aromatic rings. The molecule has 4 rings (SSSR count). The highest BCUT2D eigenvalue weighted by atomic mass is 16.6. The molecular weight excluding hydrogens is 416 g/mol. The summed E-state index contributed by atoms with van der Waals surface area (Å²) >= 11 is 0. The number of hydrogen-bond acceptors (Lipinski definition) is 10. The number of esters is 1. The maximum atomic E-state index is 12.3. The number of nitrogen functional groups attached to an aromatic ring is 1. The standard InChI is InChI=1S/C21H22N6O5/c22-10-21(16-7-6-14-19(24)25-11-26-27(14)16)18(29)17(28)15(32-21)9-31-20(30)13(23)8-12-4-2-1-3-5-12/h1-7,11,13,15,17-18,28-29H,8-9,23H2,(H2,24,25,26)/t13-,15+,17+,18+,21-/m0/s1. The van der Waals surface area contributed by atoms with Gasteiger partial charge in [-0.1, -0.05) is 30.3 Å². The zero-order chi connectivity index (χ0) is 22.9. The van der Waals surface area contributed by atoms with Crippen LogP contribution in [0.5, 0.6) is 0 Å². The predicted octanol–water partition coefficient (Wildman–Crippen LogP) is -0.736. The van der Waals surface area contributed by atoms with Crippen molar-refractivity contribution < 1.29 is 24.5 Å². The largest absolute Gasteiger partial charge is 0.462 e. The molecule has 5 atom stereocenters. The highest BCUT2D eigenvalue weighted by molar-refractivity contribution is 5.76. The fraction of sp³-hybridized carbons (Fsp3) is 0.333. The number of aliphatic hydroxyl groups is 2. The van der Waals surface area contributed by atoms with Gasteiger partial charge in [0, 0.05) is 0 Å². The van der Waals surface area contributed by atoms with E-state index in [-0.39, 0.29) is 17.9 Å². The smallest absolute Gasteiger partial charge is 0.323 e. The van der Waals surface area contributed by atoms with Gasteiger partial charge in [0.25, 0.3) is 0 Å². The number of hydrogen-bond donors (Lipinski definition) is 4. The summed E-state index contributed by atoms with van der Waals surface area (Å²) in [5.41, 5.74) is 11.2.